The SMILES string of the molecule is CC(C)=C1C(=C(C)C)C2(OC2(C)C)C2(OC2(C)C)C(=C(C)C)C12OC2(C)C. The number of hydrogen-bond donors (Lipinski definition) is 0. The van der Waals surface area contributed by atoms with Gasteiger partial charge in [-0.3, -0.25) is 0 Å². The first kappa shape index (κ1) is 19.4. The minimum Gasteiger partial charge on any atom is -0.355 e. The lowest BCUT2D eigenvalue weighted by atomic mass is 9.54. The van der Waals surface area contributed by atoms with Crippen LogP contribution in [0.5, 0.6) is 0 Å². The van der Waals surface area contributed by atoms with E-state index in [1.54, 1.807) is 0 Å². The molecule has 4 rings (SSSR count). The van der Waals surface area contributed by atoms with Gasteiger partial charge in [-0.05, 0) is 94.2 Å². The van der Waals surface area contributed by atoms with E-state index in [-0.39, 0.29) is 16.8 Å². The Kier molecular flexibility index (Phi) is 3.33. The summed E-state index contributed by atoms with van der Waals surface area (Å²) in [6, 6.07) is 0. The molecule has 4 aliphatic rings. The third kappa shape index (κ3) is 1.77. The molecule has 0 aromatic heterocycles. The van der Waals surface area contributed by atoms with E-state index in [2.05, 4.69) is 83.1 Å². The highest BCUT2D eigenvalue weighted by Gasteiger charge is 2.95. The van der Waals surface area contributed by atoms with Crippen LogP contribution < -0.4 is 0 Å². The molecule has 0 aromatic carbocycles. The summed E-state index contributed by atoms with van der Waals surface area (Å²) in [5, 5.41) is 0. The van der Waals surface area contributed by atoms with Crippen molar-refractivity contribution in [1.29, 1.82) is 0 Å². The van der Waals surface area contributed by atoms with Gasteiger partial charge in [-0.2, -0.15) is 0 Å². The van der Waals surface area contributed by atoms with Crippen LogP contribution in [0.3, 0.4) is 0 Å². The molecule has 3 nitrogen and oxygen atoms in total. The molecule has 0 radical (unpaired) electrons. The zero-order chi connectivity index (χ0) is 20.6. The maximum atomic E-state index is 6.68. The highest BCUT2D eigenvalue weighted by atomic mass is 16.7. The first-order valence-electron chi connectivity index (χ1n) is 10.2. The second-order valence-electron chi connectivity index (χ2n) is 11.0. The van der Waals surface area contributed by atoms with Gasteiger partial charge in [0.2, 0.25) is 0 Å². The Balaban J connectivity index is 2.18. The number of epoxide rings is 3. The highest BCUT2D eigenvalue weighted by molar-refractivity contribution is 5.74. The van der Waals surface area contributed by atoms with Crippen molar-refractivity contribution in [3.05, 3.63) is 33.4 Å². The predicted molar refractivity (Wildman–Crippen MR) is 109 cm³/mol. The second-order valence-corrected chi connectivity index (χ2v) is 11.0. The van der Waals surface area contributed by atoms with Crippen LogP contribution in [0.15, 0.2) is 33.4 Å². The monoisotopic (exact) mass is 372 g/mol. The number of allylic oxidation sites excluding steroid dienone is 3. The molecular formula is C24H36O3. The van der Waals surface area contributed by atoms with Crippen LogP contribution in [0.2, 0.25) is 0 Å². The molecule has 0 aromatic rings. The van der Waals surface area contributed by atoms with Crippen LogP contribution in [0.4, 0.5) is 0 Å². The maximum absolute atomic E-state index is 6.68. The molecular weight excluding hydrogens is 336 g/mol. The minimum atomic E-state index is -0.484. The Hall–Kier alpha value is -0.900. The van der Waals surface area contributed by atoms with E-state index in [1.807, 2.05) is 0 Å². The largest absolute Gasteiger partial charge is 0.355 e. The number of fused-ring (bicyclic) bond motifs is 1. The summed E-state index contributed by atoms with van der Waals surface area (Å²) in [5.41, 5.74) is 5.55. The molecule has 3 atom stereocenters. The number of hydrogen-bond acceptors (Lipinski definition) is 3. The molecule has 3 heteroatoms. The lowest BCUT2D eigenvalue weighted by molar-refractivity contribution is 0.170. The Morgan fingerprint density at radius 3 is 1.11 bits per heavy atom. The van der Waals surface area contributed by atoms with E-state index in [0.717, 1.165) is 0 Å². The molecule has 3 heterocycles. The van der Waals surface area contributed by atoms with Crippen LogP contribution in [-0.2, 0) is 14.2 Å². The molecule has 3 spiro atoms. The highest BCUT2D eigenvalue weighted by Crippen LogP contribution is 2.82. The van der Waals surface area contributed by atoms with E-state index >= 15 is 0 Å². The van der Waals surface area contributed by atoms with E-state index < -0.39 is 16.8 Å². The normalized spacial score (nSPS) is 42.0. The lowest BCUT2D eigenvalue weighted by Crippen LogP contribution is -2.57. The van der Waals surface area contributed by atoms with Gasteiger partial charge in [-0.25, -0.2) is 0 Å². The zero-order valence-corrected chi connectivity index (χ0v) is 19.2. The van der Waals surface area contributed by atoms with Crippen LogP contribution in [0.1, 0.15) is 83.1 Å². The average Bonchev–Trinajstić information content (AvgIpc) is 3.32. The van der Waals surface area contributed by atoms with Gasteiger partial charge in [0.15, 0.2) is 11.2 Å². The molecule has 0 bridgehead atoms. The third-order valence-electron chi connectivity index (χ3n) is 7.30. The molecule has 3 unspecified atom stereocenters. The van der Waals surface area contributed by atoms with Crippen molar-refractivity contribution in [3.8, 4) is 0 Å². The van der Waals surface area contributed by atoms with Gasteiger partial charge < -0.3 is 14.2 Å². The molecule has 0 N–H and O–H groups in total. The van der Waals surface area contributed by atoms with Crippen LogP contribution in [-0.4, -0.2) is 33.6 Å². The van der Waals surface area contributed by atoms with Gasteiger partial charge in [0.25, 0.3) is 0 Å². The van der Waals surface area contributed by atoms with Crippen molar-refractivity contribution >= 4 is 0 Å². The number of ether oxygens (including phenoxy) is 3. The van der Waals surface area contributed by atoms with E-state index in [1.165, 1.54) is 33.4 Å². The average molecular weight is 373 g/mol. The van der Waals surface area contributed by atoms with Gasteiger partial charge in [-0.1, -0.05) is 16.7 Å². The van der Waals surface area contributed by atoms with Crippen LogP contribution >= 0.6 is 0 Å². The van der Waals surface area contributed by atoms with E-state index in [9.17, 15) is 0 Å². The maximum Gasteiger partial charge on any atom is 0.158 e. The first-order chi connectivity index (χ1) is 12.1. The molecule has 1 saturated carbocycles. The fourth-order valence-electron chi connectivity index (χ4n) is 6.46. The Morgan fingerprint density at radius 1 is 0.519 bits per heavy atom. The van der Waals surface area contributed by atoms with Gasteiger partial charge in [0.05, 0.1) is 0 Å². The topological polar surface area (TPSA) is 37.6 Å². The Labute approximate surface area is 164 Å². The summed E-state index contributed by atoms with van der Waals surface area (Å²) in [4.78, 5) is 0. The molecule has 3 saturated heterocycles. The van der Waals surface area contributed by atoms with E-state index in [0.29, 0.717) is 0 Å². The zero-order valence-electron chi connectivity index (χ0n) is 19.2. The third-order valence-corrected chi connectivity index (χ3v) is 7.30. The van der Waals surface area contributed by atoms with Gasteiger partial charge in [0.1, 0.15) is 22.4 Å². The lowest BCUT2D eigenvalue weighted by Gasteiger charge is -2.44. The van der Waals surface area contributed by atoms with Gasteiger partial charge >= 0.3 is 0 Å². The summed E-state index contributed by atoms with van der Waals surface area (Å²) >= 11 is 0. The fourth-order valence-corrected chi connectivity index (χ4v) is 6.46. The van der Waals surface area contributed by atoms with Crippen LogP contribution in [0, 0.1) is 0 Å². The summed E-state index contributed by atoms with van der Waals surface area (Å²) in [7, 11) is 0. The standard InChI is InChI=1S/C24H36O3/c1-13(2)16-17(14(3)4)23(20(9,10)26-23)24(21(11,12)27-24)18(15(5)6)22(16)19(7,8)25-22/h1-12H3. The molecule has 150 valence electrons. The fraction of sp³-hybridized carbons (Fsp3) is 0.750. The van der Waals surface area contributed by atoms with Crippen molar-refractivity contribution in [2.45, 2.75) is 117 Å². The smallest absolute Gasteiger partial charge is 0.158 e. The Bertz CT molecular complexity index is 854. The number of rotatable bonds is 0. The van der Waals surface area contributed by atoms with Crippen molar-refractivity contribution in [3.63, 3.8) is 0 Å². The summed E-state index contributed by atoms with van der Waals surface area (Å²) in [5.74, 6) is 0. The first-order valence-corrected chi connectivity index (χ1v) is 10.2. The second kappa shape index (κ2) is 4.63. The molecule has 0 amide bonds. The van der Waals surface area contributed by atoms with Crippen molar-refractivity contribution < 1.29 is 14.2 Å². The van der Waals surface area contributed by atoms with Crippen molar-refractivity contribution in [2.24, 2.45) is 0 Å². The molecule has 4 fully saturated rings. The van der Waals surface area contributed by atoms with Gasteiger partial charge in [0, 0.05) is 5.57 Å². The van der Waals surface area contributed by atoms with Crippen molar-refractivity contribution in [1.82, 2.24) is 0 Å². The van der Waals surface area contributed by atoms with Crippen LogP contribution in [0.25, 0.3) is 0 Å². The molecule has 3 aliphatic heterocycles. The minimum absolute atomic E-state index is 0.261. The summed E-state index contributed by atoms with van der Waals surface area (Å²) in [6.07, 6.45) is 0. The quantitative estimate of drug-likeness (QED) is 0.407. The summed E-state index contributed by atoms with van der Waals surface area (Å²) < 4.78 is 20.0. The molecule has 27 heavy (non-hydrogen) atoms. The molecule has 1 aliphatic carbocycles. The Morgan fingerprint density at radius 2 is 0.889 bits per heavy atom. The van der Waals surface area contributed by atoms with Crippen molar-refractivity contribution in [2.75, 3.05) is 0 Å². The summed E-state index contributed by atoms with van der Waals surface area (Å²) in [6.45, 7) is 26.5. The van der Waals surface area contributed by atoms with Gasteiger partial charge in [-0.15, -0.1) is 0 Å². The predicted octanol–water partition coefficient (Wildman–Crippen LogP) is 5.65. The van der Waals surface area contributed by atoms with E-state index in [4.69, 9.17) is 14.2 Å².